The Morgan fingerprint density at radius 3 is 2.27 bits per heavy atom. The number of halogens is 6. The van der Waals surface area contributed by atoms with Crippen molar-refractivity contribution in [2.24, 2.45) is 0 Å². The summed E-state index contributed by atoms with van der Waals surface area (Å²) in [5.74, 6) is 0. The van der Waals surface area contributed by atoms with E-state index < -0.39 is 34.4 Å². The van der Waals surface area contributed by atoms with E-state index in [0.29, 0.717) is 6.20 Å². The summed E-state index contributed by atoms with van der Waals surface area (Å²) in [5, 5.41) is -0.424. The summed E-state index contributed by atoms with van der Waals surface area (Å²) in [6, 6.07) is 0. The molecule has 1 aromatic heterocycles. The Balaban J connectivity index is 3.49. The average Bonchev–Trinajstić information content (AvgIpc) is 2.06. The standard InChI is InChI=1S/C8H5ClF5N/c1-3-5(8(12,13)14)4(7(10)11)2-15-6(3)9/h2,7H,1H3. The fraction of sp³-hybridized carbons (Fsp3) is 0.375. The molecule has 1 rings (SSSR count). The van der Waals surface area contributed by atoms with Crippen LogP contribution in [0.1, 0.15) is 23.1 Å². The SMILES string of the molecule is Cc1c(Cl)ncc(C(F)F)c1C(F)(F)F. The third-order valence-corrected chi connectivity index (χ3v) is 2.19. The number of hydrogen-bond donors (Lipinski definition) is 0. The molecule has 1 nitrogen and oxygen atoms in total. The molecule has 0 saturated carbocycles. The molecule has 0 amide bonds. The van der Waals surface area contributed by atoms with Crippen LogP contribution in [-0.2, 0) is 6.18 Å². The first-order valence-corrected chi connectivity index (χ1v) is 4.13. The first-order chi connectivity index (χ1) is 6.75. The Kier molecular flexibility index (Phi) is 3.18. The smallest absolute Gasteiger partial charge is 0.244 e. The van der Waals surface area contributed by atoms with Gasteiger partial charge in [0.2, 0.25) is 0 Å². The van der Waals surface area contributed by atoms with E-state index in [-0.39, 0.29) is 0 Å². The number of rotatable bonds is 1. The molecule has 1 aromatic rings. The highest BCUT2D eigenvalue weighted by Gasteiger charge is 2.38. The van der Waals surface area contributed by atoms with E-state index >= 15 is 0 Å². The molecule has 7 heteroatoms. The van der Waals surface area contributed by atoms with Crippen molar-refractivity contribution >= 4 is 11.6 Å². The maximum atomic E-state index is 12.4. The molecule has 0 bridgehead atoms. The molecule has 15 heavy (non-hydrogen) atoms. The van der Waals surface area contributed by atoms with Crippen molar-refractivity contribution < 1.29 is 22.0 Å². The molecule has 0 spiro atoms. The molecule has 0 saturated heterocycles. The van der Waals surface area contributed by atoms with Gasteiger partial charge in [-0.05, 0) is 12.5 Å². The lowest BCUT2D eigenvalue weighted by Crippen LogP contribution is -2.13. The molecule has 0 aliphatic rings. The first-order valence-electron chi connectivity index (χ1n) is 3.75. The van der Waals surface area contributed by atoms with Gasteiger partial charge in [-0.25, -0.2) is 13.8 Å². The van der Waals surface area contributed by atoms with E-state index in [1.165, 1.54) is 0 Å². The van der Waals surface area contributed by atoms with Crippen LogP contribution in [0.3, 0.4) is 0 Å². The molecular formula is C8H5ClF5N. The zero-order chi connectivity index (χ0) is 11.8. The van der Waals surface area contributed by atoms with Gasteiger partial charge in [0, 0.05) is 11.8 Å². The van der Waals surface area contributed by atoms with E-state index in [1.54, 1.807) is 0 Å². The maximum absolute atomic E-state index is 12.4. The Hall–Kier alpha value is -0.910. The third-order valence-electron chi connectivity index (χ3n) is 1.81. The normalized spacial score (nSPS) is 12.3. The highest BCUT2D eigenvalue weighted by Crippen LogP contribution is 2.39. The van der Waals surface area contributed by atoms with Gasteiger partial charge >= 0.3 is 6.18 Å². The highest BCUT2D eigenvalue weighted by molar-refractivity contribution is 6.30. The lowest BCUT2D eigenvalue weighted by atomic mass is 10.1. The minimum atomic E-state index is -4.86. The molecule has 0 aromatic carbocycles. The summed E-state index contributed by atoms with van der Waals surface area (Å²) in [5.41, 5.74) is -3.04. The van der Waals surface area contributed by atoms with Crippen LogP contribution in [0.25, 0.3) is 0 Å². The second kappa shape index (κ2) is 3.92. The summed E-state index contributed by atoms with van der Waals surface area (Å²) in [6.45, 7) is 1.00. The van der Waals surface area contributed by atoms with Crippen molar-refractivity contribution in [1.29, 1.82) is 0 Å². The van der Waals surface area contributed by atoms with Crippen molar-refractivity contribution in [2.75, 3.05) is 0 Å². The average molecular weight is 246 g/mol. The second-order valence-corrected chi connectivity index (χ2v) is 3.16. The van der Waals surface area contributed by atoms with Gasteiger partial charge in [-0.2, -0.15) is 13.2 Å². The molecule has 0 aliphatic carbocycles. The molecule has 0 atom stereocenters. The number of alkyl halides is 5. The molecule has 0 radical (unpaired) electrons. The molecule has 0 aliphatic heterocycles. The molecular weight excluding hydrogens is 241 g/mol. The van der Waals surface area contributed by atoms with Crippen LogP contribution in [-0.4, -0.2) is 4.98 Å². The largest absolute Gasteiger partial charge is 0.417 e. The van der Waals surface area contributed by atoms with E-state index in [0.717, 1.165) is 6.92 Å². The Morgan fingerprint density at radius 1 is 1.33 bits per heavy atom. The number of nitrogens with zero attached hydrogens (tertiary/aromatic N) is 1. The van der Waals surface area contributed by atoms with Gasteiger partial charge in [0.25, 0.3) is 6.43 Å². The Morgan fingerprint density at radius 2 is 1.87 bits per heavy atom. The predicted octanol–water partition coefficient (Wildman–Crippen LogP) is 4.00. The molecule has 0 unspecified atom stereocenters. The number of hydrogen-bond acceptors (Lipinski definition) is 1. The van der Waals surface area contributed by atoms with Crippen LogP contribution in [0.15, 0.2) is 6.20 Å². The van der Waals surface area contributed by atoms with Crippen molar-refractivity contribution in [3.63, 3.8) is 0 Å². The van der Waals surface area contributed by atoms with Gasteiger partial charge < -0.3 is 0 Å². The monoisotopic (exact) mass is 245 g/mol. The Bertz CT molecular complexity index is 374. The lowest BCUT2D eigenvalue weighted by Gasteiger charge is -2.15. The fourth-order valence-corrected chi connectivity index (χ4v) is 1.29. The van der Waals surface area contributed by atoms with Gasteiger partial charge in [0.05, 0.1) is 5.56 Å². The van der Waals surface area contributed by atoms with E-state index in [2.05, 4.69) is 4.98 Å². The fourth-order valence-electron chi connectivity index (χ4n) is 1.15. The summed E-state index contributed by atoms with van der Waals surface area (Å²) in [4.78, 5) is 3.26. The van der Waals surface area contributed by atoms with E-state index in [4.69, 9.17) is 11.6 Å². The highest BCUT2D eigenvalue weighted by atomic mass is 35.5. The number of aromatic nitrogens is 1. The minimum absolute atomic E-state index is 0.424. The van der Waals surface area contributed by atoms with E-state index in [9.17, 15) is 22.0 Å². The van der Waals surface area contributed by atoms with Crippen LogP contribution in [0.5, 0.6) is 0 Å². The van der Waals surface area contributed by atoms with Crippen LogP contribution >= 0.6 is 11.6 Å². The van der Waals surface area contributed by atoms with Crippen molar-refractivity contribution in [1.82, 2.24) is 4.98 Å². The van der Waals surface area contributed by atoms with Crippen LogP contribution in [0.4, 0.5) is 22.0 Å². The molecule has 0 fully saturated rings. The van der Waals surface area contributed by atoms with Gasteiger partial charge in [0.1, 0.15) is 5.15 Å². The van der Waals surface area contributed by atoms with Gasteiger partial charge in [-0.3, -0.25) is 0 Å². The topological polar surface area (TPSA) is 12.9 Å². The van der Waals surface area contributed by atoms with Crippen LogP contribution in [0.2, 0.25) is 5.15 Å². The molecule has 0 N–H and O–H groups in total. The van der Waals surface area contributed by atoms with Gasteiger partial charge in [-0.1, -0.05) is 11.6 Å². The van der Waals surface area contributed by atoms with Crippen LogP contribution < -0.4 is 0 Å². The lowest BCUT2D eigenvalue weighted by molar-refractivity contribution is -0.140. The maximum Gasteiger partial charge on any atom is 0.417 e. The minimum Gasteiger partial charge on any atom is -0.244 e. The van der Waals surface area contributed by atoms with Crippen molar-refractivity contribution in [3.05, 3.63) is 28.0 Å². The summed E-state index contributed by atoms with van der Waals surface area (Å²) in [7, 11) is 0. The van der Waals surface area contributed by atoms with Crippen LogP contribution in [0, 0.1) is 6.92 Å². The van der Waals surface area contributed by atoms with E-state index in [1.807, 2.05) is 0 Å². The third kappa shape index (κ3) is 2.37. The zero-order valence-corrected chi connectivity index (χ0v) is 8.13. The first kappa shape index (κ1) is 12.2. The summed E-state index contributed by atoms with van der Waals surface area (Å²) < 4.78 is 61.9. The van der Waals surface area contributed by atoms with Crippen molar-refractivity contribution in [3.8, 4) is 0 Å². The molecule has 84 valence electrons. The molecule has 1 heterocycles. The van der Waals surface area contributed by atoms with Crippen molar-refractivity contribution in [2.45, 2.75) is 19.5 Å². The number of pyridine rings is 1. The van der Waals surface area contributed by atoms with Gasteiger partial charge in [0.15, 0.2) is 0 Å². The van der Waals surface area contributed by atoms with Gasteiger partial charge in [-0.15, -0.1) is 0 Å². The summed E-state index contributed by atoms with van der Waals surface area (Å²) in [6.07, 6.45) is -7.64. The second-order valence-electron chi connectivity index (χ2n) is 2.80. The predicted molar refractivity (Wildman–Crippen MR) is 43.9 cm³/mol. The zero-order valence-electron chi connectivity index (χ0n) is 7.37. The Labute approximate surface area is 86.9 Å². The quantitative estimate of drug-likeness (QED) is 0.538. The summed E-state index contributed by atoms with van der Waals surface area (Å²) >= 11 is 5.34.